The van der Waals surface area contributed by atoms with Crippen molar-refractivity contribution in [3.05, 3.63) is 17.7 Å². The first-order chi connectivity index (χ1) is 5.79. The molecule has 4 nitrogen and oxygen atoms in total. The van der Waals surface area contributed by atoms with Gasteiger partial charge in [0.15, 0.2) is 0 Å². The molecule has 1 aromatic rings. The summed E-state index contributed by atoms with van der Waals surface area (Å²) < 4.78 is 7.08. The molecule has 2 N–H and O–H groups in total. The van der Waals surface area contributed by atoms with Crippen molar-refractivity contribution in [2.24, 2.45) is 5.73 Å². The van der Waals surface area contributed by atoms with E-state index in [1.807, 2.05) is 13.1 Å². The van der Waals surface area contributed by atoms with Gasteiger partial charge in [0.05, 0.1) is 0 Å². The van der Waals surface area contributed by atoms with Crippen molar-refractivity contribution in [1.82, 2.24) is 9.55 Å². The number of hydrogen-bond acceptors (Lipinski definition) is 3. The van der Waals surface area contributed by atoms with Crippen LogP contribution in [0.2, 0.25) is 0 Å². The Morgan fingerprint density at radius 3 is 3.00 bits per heavy atom. The van der Waals surface area contributed by atoms with E-state index in [-0.39, 0.29) is 0 Å². The quantitative estimate of drug-likeness (QED) is 0.705. The van der Waals surface area contributed by atoms with Gasteiger partial charge in [0.1, 0.15) is 12.4 Å². The van der Waals surface area contributed by atoms with Crippen molar-refractivity contribution < 1.29 is 4.74 Å². The van der Waals surface area contributed by atoms with E-state index in [4.69, 9.17) is 10.5 Å². The Labute approximate surface area is 72.3 Å². The minimum atomic E-state index is 0.549. The number of rotatable bonds is 4. The smallest absolute Gasteiger partial charge is 0.134 e. The van der Waals surface area contributed by atoms with Gasteiger partial charge in [0.25, 0.3) is 0 Å². The molecule has 12 heavy (non-hydrogen) atoms. The van der Waals surface area contributed by atoms with Crippen molar-refractivity contribution in [1.29, 1.82) is 0 Å². The minimum Gasteiger partial charge on any atom is -0.377 e. The molecule has 0 aliphatic carbocycles. The number of methoxy groups -OCH3 is 1. The number of nitrogens with two attached hydrogens (primary N) is 1. The predicted octanol–water partition coefficient (Wildman–Crippen LogP) is 0.297. The van der Waals surface area contributed by atoms with Gasteiger partial charge in [-0.1, -0.05) is 0 Å². The number of aryl methyl sites for hydroxylation is 1. The zero-order chi connectivity index (χ0) is 8.97. The molecular formula is C8H15N3O. The Morgan fingerprint density at radius 1 is 1.67 bits per heavy atom. The molecule has 0 aliphatic heterocycles. The van der Waals surface area contributed by atoms with Crippen molar-refractivity contribution >= 4 is 0 Å². The Bertz CT molecular complexity index is 244. The Kier molecular flexibility index (Phi) is 3.25. The van der Waals surface area contributed by atoms with Gasteiger partial charge < -0.3 is 15.0 Å². The number of ether oxygens (including phenoxy) is 1. The summed E-state index contributed by atoms with van der Waals surface area (Å²) in [5.74, 6) is 0.945. The molecular weight excluding hydrogens is 154 g/mol. The third kappa shape index (κ3) is 1.84. The second-order valence-electron chi connectivity index (χ2n) is 2.69. The zero-order valence-electron chi connectivity index (χ0n) is 7.58. The summed E-state index contributed by atoms with van der Waals surface area (Å²) in [4.78, 5) is 4.21. The first kappa shape index (κ1) is 9.22. The molecule has 1 heterocycles. The summed E-state index contributed by atoms with van der Waals surface area (Å²) in [6.07, 6.45) is 1.84. The van der Waals surface area contributed by atoms with E-state index in [0.717, 1.165) is 18.1 Å². The topological polar surface area (TPSA) is 53.1 Å². The molecule has 0 amide bonds. The maximum absolute atomic E-state index is 5.46. The molecule has 4 heteroatoms. The van der Waals surface area contributed by atoms with Crippen molar-refractivity contribution in [3.63, 3.8) is 0 Å². The van der Waals surface area contributed by atoms with Crippen LogP contribution in [0.5, 0.6) is 0 Å². The first-order valence-corrected chi connectivity index (χ1v) is 3.99. The fraction of sp³-hybridized carbons (Fsp3) is 0.625. The largest absolute Gasteiger partial charge is 0.377 e. The standard InChI is InChI=1S/C8H15N3O/c1-7-5-10-8(6-12-2)11(7)4-3-9/h5H,3-4,6,9H2,1-2H3. The van der Waals surface area contributed by atoms with Gasteiger partial charge >= 0.3 is 0 Å². The molecule has 0 saturated heterocycles. The lowest BCUT2D eigenvalue weighted by Gasteiger charge is -2.06. The molecule has 0 aliphatic rings. The summed E-state index contributed by atoms with van der Waals surface area (Å²) in [5, 5.41) is 0. The summed E-state index contributed by atoms with van der Waals surface area (Å²) in [7, 11) is 1.66. The van der Waals surface area contributed by atoms with Gasteiger partial charge in [-0.3, -0.25) is 0 Å². The van der Waals surface area contributed by atoms with Crippen LogP contribution in [0.4, 0.5) is 0 Å². The number of nitrogens with zero attached hydrogens (tertiary/aromatic N) is 2. The van der Waals surface area contributed by atoms with Gasteiger partial charge in [-0.05, 0) is 6.92 Å². The highest BCUT2D eigenvalue weighted by atomic mass is 16.5. The van der Waals surface area contributed by atoms with Gasteiger partial charge in [-0.2, -0.15) is 0 Å². The molecule has 0 unspecified atom stereocenters. The van der Waals surface area contributed by atoms with E-state index in [9.17, 15) is 0 Å². The van der Waals surface area contributed by atoms with Crippen LogP contribution in [0.15, 0.2) is 6.20 Å². The normalized spacial score (nSPS) is 10.6. The molecule has 1 rings (SSSR count). The highest BCUT2D eigenvalue weighted by Crippen LogP contribution is 2.04. The fourth-order valence-corrected chi connectivity index (χ4v) is 1.19. The molecule has 0 atom stereocenters. The van der Waals surface area contributed by atoms with Crippen LogP contribution < -0.4 is 5.73 Å². The second-order valence-corrected chi connectivity index (χ2v) is 2.69. The summed E-state index contributed by atoms with van der Waals surface area (Å²) >= 11 is 0. The summed E-state index contributed by atoms with van der Waals surface area (Å²) in [6, 6.07) is 0. The minimum absolute atomic E-state index is 0.549. The molecule has 0 radical (unpaired) electrons. The summed E-state index contributed by atoms with van der Waals surface area (Å²) in [5.41, 5.74) is 6.60. The fourth-order valence-electron chi connectivity index (χ4n) is 1.19. The zero-order valence-corrected chi connectivity index (χ0v) is 7.58. The SMILES string of the molecule is COCc1ncc(C)n1CCN. The number of imidazole rings is 1. The van der Waals surface area contributed by atoms with Crippen molar-refractivity contribution in [2.75, 3.05) is 13.7 Å². The highest BCUT2D eigenvalue weighted by Gasteiger charge is 2.04. The predicted molar refractivity (Wildman–Crippen MR) is 46.7 cm³/mol. The number of hydrogen-bond donors (Lipinski definition) is 1. The van der Waals surface area contributed by atoms with Gasteiger partial charge in [0, 0.05) is 32.1 Å². The lowest BCUT2D eigenvalue weighted by atomic mass is 10.5. The van der Waals surface area contributed by atoms with Crippen LogP contribution in [-0.2, 0) is 17.9 Å². The lowest BCUT2D eigenvalue weighted by Crippen LogP contribution is -2.14. The van der Waals surface area contributed by atoms with Crippen molar-refractivity contribution in [2.45, 2.75) is 20.1 Å². The molecule has 0 spiro atoms. The van der Waals surface area contributed by atoms with Crippen LogP contribution in [0.25, 0.3) is 0 Å². The molecule has 68 valence electrons. The first-order valence-electron chi connectivity index (χ1n) is 3.99. The van der Waals surface area contributed by atoms with Crippen LogP contribution >= 0.6 is 0 Å². The molecule has 0 bridgehead atoms. The third-order valence-electron chi connectivity index (χ3n) is 1.76. The van der Waals surface area contributed by atoms with Crippen LogP contribution in [-0.4, -0.2) is 23.2 Å². The third-order valence-corrected chi connectivity index (χ3v) is 1.76. The summed E-state index contributed by atoms with van der Waals surface area (Å²) in [6.45, 7) is 4.01. The van der Waals surface area contributed by atoms with E-state index in [0.29, 0.717) is 13.2 Å². The monoisotopic (exact) mass is 169 g/mol. The van der Waals surface area contributed by atoms with E-state index in [1.165, 1.54) is 0 Å². The van der Waals surface area contributed by atoms with Gasteiger partial charge in [0.2, 0.25) is 0 Å². The second kappa shape index (κ2) is 4.23. The number of aromatic nitrogens is 2. The van der Waals surface area contributed by atoms with Crippen LogP contribution in [0.1, 0.15) is 11.5 Å². The van der Waals surface area contributed by atoms with Crippen molar-refractivity contribution in [3.8, 4) is 0 Å². The highest BCUT2D eigenvalue weighted by molar-refractivity contribution is 5.02. The van der Waals surface area contributed by atoms with Crippen LogP contribution in [0.3, 0.4) is 0 Å². The Hall–Kier alpha value is -0.870. The van der Waals surface area contributed by atoms with E-state index in [2.05, 4.69) is 9.55 Å². The molecule has 0 fully saturated rings. The average Bonchev–Trinajstić information content (AvgIpc) is 2.37. The maximum atomic E-state index is 5.46. The van der Waals surface area contributed by atoms with Crippen LogP contribution in [0, 0.1) is 6.92 Å². The Morgan fingerprint density at radius 2 is 2.42 bits per heavy atom. The molecule has 0 saturated carbocycles. The van der Waals surface area contributed by atoms with E-state index < -0.39 is 0 Å². The molecule has 1 aromatic heterocycles. The van der Waals surface area contributed by atoms with Gasteiger partial charge in [-0.15, -0.1) is 0 Å². The average molecular weight is 169 g/mol. The van der Waals surface area contributed by atoms with Gasteiger partial charge in [-0.25, -0.2) is 4.98 Å². The Balaban J connectivity index is 2.80. The van der Waals surface area contributed by atoms with E-state index in [1.54, 1.807) is 7.11 Å². The maximum Gasteiger partial charge on any atom is 0.134 e. The molecule has 0 aromatic carbocycles. The van der Waals surface area contributed by atoms with E-state index >= 15 is 0 Å². The lowest BCUT2D eigenvalue weighted by molar-refractivity contribution is 0.174.